The number of rotatable bonds is 10. The molecule has 1 unspecified atom stereocenters. The third-order valence-electron chi connectivity index (χ3n) is 5.47. The standard InChI is InChI=1S/C24H29FN4O5/c1-31-23-12-19(2-7-22(23)33-11-9-29-17-26-27-18-29)13-28-8-10-32-15-24(30,14-28)16-34-21-5-3-20(25)4-6-21/h2-7,12,17-18,30H,8-11,13-16H2,1H3. The lowest BCUT2D eigenvalue weighted by atomic mass is 10.1. The van der Waals surface area contributed by atoms with E-state index < -0.39 is 5.60 Å². The molecule has 2 heterocycles. The number of aliphatic hydroxyl groups is 1. The first-order valence-electron chi connectivity index (χ1n) is 11.1. The zero-order chi connectivity index (χ0) is 23.8. The summed E-state index contributed by atoms with van der Waals surface area (Å²) < 4.78 is 37.7. The van der Waals surface area contributed by atoms with Gasteiger partial charge in [-0.3, -0.25) is 4.90 Å². The topological polar surface area (TPSA) is 91.1 Å². The van der Waals surface area contributed by atoms with Crippen LogP contribution in [0.1, 0.15) is 5.56 Å². The molecule has 34 heavy (non-hydrogen) atoms. The molecule has 0 radical (unpaired) electrons. The van der Waals surface area contributed by atoms with Crippen LogP contribution in [0, 0.1) is 5.82 Å². The van der Waals surface area contributed by atoms with E-state index in [1.165, 1.54) is 24.3 Å². The molecule has 4 rings (SSSR count). The number of methoxy groups -OCH3 is 1. The second-order valence-electron chi connectivity index (χ2n) is 8.26. The molecule has 0 saturated carbocycles. The summed E-state index contributed by atoms with van der Waals surface area (Å²) in [5.74, 6) is 1.46. The third-order valence-corrected chi connectivity index (χ3v) is 5.47. The van der Waals surface area contributed by atoms with Crippen molar-refractivity contribution in [2.75, 3.05) is 46.6 Å². The van der Waals surface area contributed by atoms with E-state index in [9.17, 15) is 9.50 Å². The van der Waals surface area contributed by atoms with Crippen LogP contribution in [0.25, 0.3) is 0 Å². The van der Waals surface area contributed by atoms with Crippen molar-refractivity contribution in [1.82, 2.24) is 19.7 Å². The molecule has 1 N–H and O–H groups in total. The molecule has 10 heteroatoms. The van der Waals surface area contributed by atoms with Gasteiger partial charge in [-0.25, -0.2) is 4.39 Å². The second kappa shape index (κ2) is 11.3. The summed E-state index contributed by atoms with van der Waals surface area (Å²) in [6.45, 7) is 3.42. The van der Waals surface area contributed by atoms with E-state index in [4.69, 9.17) is 18.9 Å². The predicted octanol–water partition coefficient (Wildman–Crippen LogP) is 2.15. The number of halogens is 1. The minimum absolute atomic E-state index is 0.0394. The first kappa shape index (κ1) is 23.9. The number of hydrogen-bond acceptors (Lipinski definition) is 8. The molecule has 1 atom stereocenters. The summed E-state index contributed by atoms with van der Waals surface area (Å²) in [4.78, 5) is 2.11. The number of hydrogen-bond donors (Lipinski definition) is 1. The first-order valence-corrected chi connectivity index (χ1v) is 11.1. The smallest absolute Gasteiger partial charge is 0.161 e. The molecule has 2 aromatic carbocycles. The first-order chi connectivity index (χ1) is 16.5. The lowest BCUT2D eigenvalue weighted by Crippen LogP contribution is -2.48. The SMILES string of the molecule is COc1cc(CN2CCOCC(O)(COc3ccc(F)cc3)C2)ccc1OCCn1cnnc1. The van der Waals surface area contributed by atoms with E-state index in [-0.39, 0.29) is 19.0 Å². The van der Waals surface area contributed by atoms with E-state index in [1.54, 1.807) is 19.8 Å². The van der Waals surface area contributed by atoms with Crippen molar-refractivity contribution < 1.29 is 28.4 Å². The van der Waals surface area contributed by atoms with Crippen LogP contribution in [0.5, 0.6) is 17.2 Å². The molecule has 9 nitrogen and oxygen atoms in total. The maximum atomic E-state index is 13.1. The van der Waals surface area contributed by atoms with Crippen molar-refractivity contribution in [3.05, 3.63) is 66.5 Å². The molecule has 3 aromatic rings. The highest BCUT2D eigenvalue weighted by molar-refractivity contribution is 5.43. The van der Waals surface area contributed by atoms with E-state index >= 15 is 0 Å². The van der Waals surface area contributed by atoms with Gasteiger partial charge in [-0.1, -0.05) is 6.07 Å². The third kappa shape index (κ3) is 6.66. The fraction of sp³-hybridized carbons (Fsp3) is 0.417. The van der Waals surface area contributed by atoms with Crippen molar-refractivity contribution in [3.8, 4) is 17.2 Å². The van der Waals surface area contributed by atoms with Crippen LogP contribution in [0.2, 0.25) is 0 Å². The molecule has 0 spiro atoms. The van der Waals surface area contributed by atoms with Crippen molar-refractivity contribution in [2.45, 2.75) is 18.7 Å². The fourth-order valence-corrected chi connectivity index (χ4v) is 3.75. The lowest BCUT2D eigenvalue weighted by molar-refractivity contribution is -0.0646. The summed E-state index contributed by atoms with van der Waals surface area (Å²) in [6, 6.07) is 11.5. The van der Waals surface area contributed by atoms with Crippen molar-refractivity contribution in [1.29, 1.82) is 0 Å². The number of β-amino-alcohol motifs (C(OH)–C–C–N with tert-alkyl or cyclic N) is 1. The monoisotopic (exact) mass is 472 g/mol. The summed E-state index contributed by atoms with van der Waals surface area (Å²) >= 11 is 0. The second-order valence-corrected chi connectivity index (χ2v) is 8.26. The van der Waals surface area contributed by atoms with Crippen molar-refractivity contribution in [2.24, 2.45) is 0 Å². The van der Waals surface area contributed by atoms with Gasteiger partial charge in [-0.05, 0) is 42.0 Å². The van der Waals surface area contributed by atoms with Crippen LogP contribution < -0.4 is 14.2 Å². The van der Waals surface area contributed by atoms with Crippen LogP contribution in [0.3, 0.4) is 0 Å². The fourth-order valence-electron chi connectivity index (χ4n) is 3.75. The van der Waals surface area contributed by atoms with E-state index in [2.05, 4.69) is 15.1 Å². The number of aromatic nitrogens is 3. The lowest BCUT2D eigenvalue weighted by Gasteiger charge is -2.30. The molecule has 1 saturated heterocycles. The average molecular weight is 473 g/mol. The van der Waals surface area contributed by atoms with Gasteiger partial charge in [0, 0.05) is 19.6 Å². The highest BCUT2D eigenvalue weighted by Gasteiger charge is 2.33. The average Bonchev–Trinajstić information content (AvgIpc) is 3.29. The minimum atomic E-state index is -1.19. The van der Waals surface area contributed by atoms with Gasteiger partial charge < -0.3 is 28.6 Å². The molecule has 0 amide bonds. The molecule has 0 bridgehead atoms. The van der Waals surface area contributed by atoms with Crippen LogP contribution in [-0.2, 0) is 17.8 Å². The Bertz CT molecular complexity index is 1030. The molecule has 1 aliphatic rings. The Balaban J connectivity index is 1.34. The Morgan fingerprint density at radius 2 is 1.88 bits per heavy atom. The normalized spacial score (nSPS) is 18.9. The highest BCUT2D eigenvalue weighted by atomic mass is 19.1. The van der Waals surface area contributed by atoms with Gasteiger partial charge >= 0.3 is 0 Å². The van der Waals surface area contributed by atoms with Gasteiger partial charge in [0.15, 0.2) is 11.5 Å². The Kier molecular flexibility index (Phi) is 7.94. The predicted molar refractivity (Wildman–Crippen MR) is 121 cm³/mol. The minimum Gasteiger partial charge on any atom is -0.493 e. The maximum Gasteiger partial charge on any atom is 0.161 e. The van der Waals surface area contributed by atoms with Crippen molar-refractivity contribution >= 4 is 0 Å². The number of ether oxygens (including phenoxy) is 4. The van der Waals surface area contributed by atoms with Crippen LogP contribution in [0.15, 0.2) is 55.1 Å². The molecule has 182 valence electrons. The Morgan fingerprint density at radius 3 is 2.65 bits per heavy atom. The zero-order valence-corrected chi connectivity index (χ0v) is 19.1. The van der Waals surface area contributed by atoms with Gasteiger partial charge in [0.2, 0.25) is 0 Å². The van der Waals surface area contributed by atoms with Gasteiger partial charge in [0.1, 0.15) is 43.0 Å². The van der Waals surface area contributed by atoms with Crippen LogP contribution >= 0.6 is 0 Å². The van der Waals surface area contributed by atoms with Gasteiger partial charge in [-0.2, -0.15) is 0 Å². The summed E-state index contributed by atoms with van der Waals surface area (Å²) in [5, 5.41) is 18.7. The zero-order valence-electron chi connectivity index (χ0n) is 19.1. The summed E-state index contributed by atoms with van der Waals surface area (Å²) in [5.41, 5.74) is -0.174. The molecule has 1 aromatic heterocycles. The van der Waals surface area contributed by atoms with Gasteiger partial charge in [0.25, 0.3) is 0 Å². The maximum absolute atomic E-state index is 13.1. The Labute approximate surface area is 197 Å². The number of nitrogens with zero attached hydrogens (tertiary/aromatic N) is 4. The Hall–Kier alpha value is -3.21. The van der Waals surface area contributed by atoms with E-state index in [0.29, 0.717) is 56.6 Å². The van der Waals surface area contributed by atoms with Gasteiger partial charge in [0.05, 0.1) is 26.9 Å². The highest BCUT2D eigenvalue weighted by Crippen LogP contribution is 2.29. The van der Waals surface area contributed by atoms with E-state index in [0.717, 1.165) is 5.56 Å². The Morgan fingerprint density at radius 1 is 1.09 bits per heavy atom. The van der Waals surface area contributed by atoms with Crippen LogP contribution in [0.4, 0.5) is 4.39 Å². The molecular weight excluding hydrogens is 443 g/mol. The summed E-state index contributed by atoms with van der Waals surface area (Å²) in [6.07, 6.45) is 3.28. The molecule has 1 fully saturated rings. The molecule has 1 aliphatic heterocycles. The quantitative estimate of drug-likeness (QED) is 0.480. The molecule has 0 aliphatic carbocycles. The summed E-state index contributed by atoms with van der Waals surface area (Å²) in [7, 11) is 1.61. The number of benzene rings is 2. The van der Waals surface area contributed by atoms with Gasteiger partial charge in [-0.15, -0.1) is 10.2 Å². The molecular formula is C24H29FN4O5. The van der Waals surface area contributed by atoms with Crippen molar-refractivity contribution in [3.63, 3.8) is 0 Å². The van der Waals surface area contributed by atoms with Crippen LogP contribution in [-0.4, -0.2) is 77.0 Å². The largest absolute Gasteiger partial charge is 0.493 e. The van der Waals surface area contributed by atoms with E-state index in [1.807, 2.05) is 22.8 Å².